The number of H-pyrrole nitrogens is 1. The molecular formula is C24H29N5O2. The number of hydrogen-bond acceptors (Lipinski definition) is 5. The molecule has 7 heteroatoms. The molecule has 1 aliphatic carbocycles. The minimum Gasteiger partial charge on any atom is -0.393 e. The fourth-order valence-electron chi connectivity index (χ4n) is 4.39. The number of pyridine rings is 1. The highest BCUT2D eigenvalue weighted by Crippen LogP contribution is 2.37. The second-order valence-corrected chi connectivity index (χ2v) is 8.63. The summed E-state index contributed by atoms with van der Waals surface area (Å²) in [4.78, 5) is 22.8. The molecule has 2 aliphatic rings. The van der Waals surface area contributed by atoms with E-state index in [2.05, 4.69) is 49.8 Å². The number of hydrogen-bond donors (Lipinski definition) is 4. The van der Waals surface area contributed by atoms with Crippen molar-refractivity contribution >= 4 is 28.3 Å². The van der Waals surface area contributed by atoms with Crippen molar-refractivity contribution in [3.8, 4) is 11.3 Å². The Balaban J connectivity index is 1.56. The summed E-state index contributed by atoms with van der Waals surface area (Å²) in [5.74, 6) is 0.772. The molecule has 0 unspecified atom stereocenters. The molecule has 1 saturated heterocycles. The van der Waals surface area contributed by atoms with Crippen LogP contribution in [0.25, 0.3) is 22.2 Å². The highest BCUT2D eigenvalue weighted by atomic mass is 16.3. The topological polar surface area (TPSA) is 93.3 Å². The molecule has 5 rings (SSSR count). The Kier molecular flexibility index (Phi) is 5.38. The first kappa shape index (κ1) is 20.0. The van der Waals surface area contributed by atoms with E-state index in [1.165, 1.54) is 0 Å². The molecule has 2 fully saturated rings. The molecule has 0 radical (unpaired) electrons. The summed E-state index contributed by atoms with van der Waals surface area (Å²) < 4.78 is 0. The normalized spacial score (nSPS) is 17.3. The average molecular weight is 420 g/mol. The molecule has 7 nitrogen and oxygen atoms in total. The largest absolute Gasteiger partial charge is 0.393 e. The van der Waals surface area contributed by atoms with Gasteiger partial charge in [-0.2, -0.15) is 0 Å². The first-order chi connectivity index (χ1) is 15.1. The molecule has 3 aromatic rings. The summed E-state index contributed by atoms with van der Waals surface area (Å²) in [7, 11) is 1.92. The number of para-hydroxylation sites is 1. The van der Waals surface area contributed by atoms with Gasteiger partial charge >= 0.3 is 0 Å². The van der Waals surface area contributed by atoms with E-state index in [0.717, 1.165) is 72.2 Å². The van der Waals surface area contributed by atoms with Crippen molar-refractivity contribution in [2.24, 2.45) is 5.92 Å². The lowest BCUT2D eigenvalue weighted by Crippen LogP contribution is -2.36. The summed E-state index contributed by atoms with van der Waals surface area (Å²) in [6.45, 7) is 2.38. The lowest BCUT2D eigenvalue weighted by atomic mass is 10.0. The van der Waals surface area contributed by atoms with Crippen molar-refractivity contribution in [1.29, 1.82) is 0 Å². The second kappa shape index (κ2) is 8.32. The van der Waals surface area contributed by atoms with Gasteiger partial charge in [-0.25, -0.2) is 4.98 Å². The Bertz CT molecular complexity index is 1100. The van der Waals surface area contributed by atoms with E-state index in [-0.39, 0.29) is 17.9 Å². The Morgan fingerprint density at radius 2 is 2.00 bits per heavy atom. The van der Waals surface area contributed by atoms with E-state index in [1.807, 2.05) is 19.3 Å². The summed E-state index contributed by atoms with van der Waals surface area (Å²) in [5, 5.41) is 17.2. The van der Waals surface area contributed by atoms with Crippen LogP contribution in [-0.2, 0) is 11.3 Å². The Hall–Kier alpha value is -2.90. The zero-order valence-corrected chi connectivity index (χ0v) is 17.8. The van der Waals surface area contributed by atoms with Crippen LogP contribution in [0.1, 0.15) is 31.2 Å². The molecule has 0 atom stereocenters. The number of aliphatic hydroxyl groups is 1. The summed E-state index contributed by atoms with van der Waals surface area (Å²) >= 11 is 0. The van der Waals surface area contributed by atoms with Gasteiger partial charge in [0.05, 0.1) is 11.6 Å². The van der Waals surface area contributed by atoms with Gasteiger partial charge in [0.1, 0.15) is 0 Å². The number of fused-ring (bicyclic) bond motifs is 1. The van der Waals surface area contributed by atoms with Crippen LogP contribution in [0.5, 0.6) is 0 Å². The van der Waals surface area contributed by atoms with Gasteiger partial charge in [0.25, 0.3) is 0 Å². The SMILES string of the molecule is CNCc1cnc(NC(=O)C2CC2)c2[nH]c(-c3ccccc3N3CCC(O)CC3)cc12. The summed E-state index contributed by atoms with van der Waals surface area (Å²) in [5.41, 5.74) is 5.23. The third-order valence-corrected chi connectivity index (χ3v) is 6.31. The van der Waals surface area contributed by atoms with E-state index in [4.69, 9.17) is 0 Å². The summed E-state index contributed by atoms with van der Waals surface area (Å²) in [6, 6.07) is 10.5. The first-order valence-electron chi connectivity index (χ1n) is 11.1. The van der Waals surface area contributed by atoms with Crippen molar-refractivity contribution in [2.45, 2.75) is 38.3 Å². The number of amides is 1. The minimum absolute atomic E-state index is 0.0543. The van der Waals surface area contributed by atoms with Gasteiger partial charge in [-0.05, 0) is 50.4 Å². The van der Waals surface area contributed by atoms with Crippen molar-refractivity contribution < 1.29 is 9.90 Å². The van der Waals surface area contributed by atoms with Crippen molar-refractivity contribution in [3.63, 3.8) is 0 Å². The van der Waals surface area contributed by atoms with Crippen LogP contribution >= 0.6 is 0 Å². The number of nitrogens with one attached hydrogen (secondary N) is 3. The van der Waals surface area contributed by atoms with Gasteiger partial charge < -0.3 is 25.6 Å². The number of benzene rings is 1. The second-order valence-electron chi connectivity index (χ2n) is 8.63. The number of aliphatic hydroxyl groups excluding tert-OH is 1. The van der Waals surface area contributed by atoms with Gasteiger partial charge in [0.2, 0.25) is 5.91 Å². The fraction of sp³-hybridized carbons (Fsp3) is 0.417. The van der Waals surface area contributed by atoms with Crippen LogP contribution < -0.4 is 15.5 Å². The number of aromatic nitrogens is 2. The van der Waals surface area contributed by atoms with E-state index >= 15 is 0 Å². The van der Waals surface area contributed by atoms with Gasteiger partial charge in [-0.1, -0.05) is 18.2 Å². The number of piperidine rings is 1. The molecule has 0 spiro atoms. The maximum absolute atomic E-state index is 12.4. The van der Waals surface area contributed by atoms with Gasteiger partial charge in [-0.15, -0.1) is 0 Å². The van der Waals surface area contributed by atoms with E-state index in [0.29, 0.717) is 12.4 Å². The number of rotatable bonds is 6. The quantitative estimate of drug-likeness (QED) is 0.492. The Morgan fingerprint density at radius 1 is 1.23 bits per heavy atom. The predicted molar refractivity (Wildman–Crippen MR) is 123 cm³/mol. The molecule has 3 heterocycles. The van der Waals surface area contributed by atoms with Gasteiger partial charge in [0, 0.05) is 54.1 Å². The zero-order valence-electron chi connectivity index (χ0n) is 17.8. The monoisotopic (exact) mass is 419 g/mol. The number of nitrogens with zero attached hydrogens (tertiary/aromatic N) is 2. The zero-order chi connectivity index (χ0) is 21.4. The van der Waals surface area contributed by atoms with Crippen molar-refractivity contribution in [2.75, 3.05) is 30.4 Å². The van der Waals surface area contributed by atoms with Gasteiger partial charge in [0.15, 0.2) is 5.82 Å². The van der Waals surface area contributed by atoms with Crippen molar-refractivity contribution in [3.05, 3.63) is 42.1 Å². The average Bonchev–Trinajstić information content (AvgIpc) is 3.54. The van der Waals surface area contributed by atoms with Crippen LogP contribution in [0, 0.1) is 5.92 Å². The molecule has 1 aliphatic heterocycles. The number of carbonyl (C=O) groups is 1. The number of aromatic amines is 1. The molecule has 1 aromatic carbocycles. The Morgan fingerprint density at radius 3 is 2.74 bits per heavy atom. The first-order valence-corrected chi connectivity index (χ1v) is 11.1. The smallest absolute Gasteiger partial charge is 0.228 e. The number of carbonyl (C=O) groups excluding carboxylic acids is 1. The predicted octanol–water partition coefficient (Wildman–Crippen LogP) is 3.26. The molecule has 1 amide bonds. The minimum atomic E-state index is -0.204. The third-order valence-electron chi connectivity index (χ3n) is 6.31. The van der Waals surface area contributed by atoms with Crippen molar-refractivity contribution in [1.82, 2.24) is 15.3 Å². The molecule has 1 saturated carbocycles. The standard InChI is InChI=1S/C24H29N5O2/c1-25-13-16-14-26-23(28-24(31)15-6-7-15)22-19(16)12-20(27-22)18-4-2-3-5-21(18)29-10-8-17(30)9-11-29/h2-5,12,14-15,17,25,27,30H,6-11,13H2,1H3,(H,26,28,31). The molecule has 4 N–H and O–H groups in total. The van der Waals surface area contributed by atoms with Crippen LogP contribution in [0.4, 0.5) is 11.5 Å². The maximum Gasteiger partial charge on any atom is 0.228 e. The van der Waals surface area contributed by atoms with Crippen LogP contribution in [-0.4, -0.2) is 47.2 Å². The van der Waals surface area contributed by atoms with Crippen LogP contribution in [0.15, 0.2) is 36.5 Å². The maximum atomic E-state index is 12.4. The molecule has 31 heavy (non-hydrogen) atoms. The van der Waals surface area contributed by atoms with Gasteiger partial charge in [-0.3, -0.25) is 4.79 Å². The fourth-order valence-corrected chi connectivity index (χ4v) is 4.39. The lowest BCUT2D eigenvalue weighted by Gasteiger charge is -2.32. The molecule has 2 aromatic heterocycles. The summed E-state index contributed by atoms with van der Waals surface area (Å²) in [6.07, 6.45) is 5.13. The third kappa shape index (κ3) is 4.03. The highest BCUT2D eigenvalue weighted by molar-refractivity contribution is 6.03. The number of anilines is 2. The van der Waals surface area contributed by atoms with E-state index < -0.39 is 0 Å². The lowest BCUT2D eigenvalue weighted by molar-refractivity contribution is -0.117. The molecule has 162 valence electrons. The Labute approximate surface area is 181 Å². The highest BCUT2D eigenvalue weighted by Gasteiger charge is 2.30. The molecular weight excluding hydrogens is 390 g/mol. The molecule has 0 bridgehead atoms. The van der Waals surface area contributed by atoms with E-state index in [9.17, 15) is 9.90 Å². The van der Waals surface area contributed by atoms with Crippen LogP contribution in [0.3, 0.4) is 0 Å². The van der Waals surface area contributed by atoms with Crippen LogP contribution in [0.2, 0.25) is 0 Å². The van der Waals surface area contributed by atoms with E-state index in [1.54, 1.807) is 0 Å².